The summed E-state index contributed by atoms with van der Waals surface area (Å²) in [6.07, 6.45) is 5.32. The molecular formula is C20H22N6O2. The Labute approximate surface area is 163 Å². The fourth-order valence-electron chi connectivity index (χ4n) is 3.78. The zero-order valence-corrected chi connectivity index (χ0v) is 15.4. The van der Waals surface area contributed by atoms with Crippen LogP contribution < -0.4 is 10.6 Å². The number of anilines is 1. The van der Waals surface area contributed by atoms with E-state index in [0.717, 1.165) is 12.0 Å². The predicted molar refractivity (Wildman–Crippen MR) is 105 cm³/mol. The Kier molecular flexibility index (Phi) is 5.01. The van der Waals surface area contributed by atoms with Gasteiger partial charge in [0.05, 0.1) is 6.04 Å². The van der Waals surface area contributed by atoms with E-state index in [4.69, 9.17) is 5.73 Å². The number of hydrogen-bond donors (Lipinski definition) is 1. The van der Waals surface area contributed by atoms with Crippen molar-refractivity contribution in [3.8, 4) is 0 Å². The molecule has 2 amide bonds. The molecule has 0 radical (unpaired) electrons. The highest BCUT2D eigenvalue weighted by Gasteiger charge is 2.34. The maximum Gasteiger partial charge on any atom is 0.267 e. The van der Waals surface area contributed by atoms with E-state index in [1.54, 1.807) is 11.1 Å². The van der Waals surface area contributed by atoms with E-state index < -0.39 is 5.91 Å². The summed E-state index contributed by atoms with van der Waals surface area (Å²) < 4.78 is 0. The number of primary amides is 1. The van der Waals surface area contributed by atoms with Crippen LogP contribution in [0.1, 0.15) is 41.4 Å². The molecule has 144 valence electrons. The van der Waals surface area contributed by atoms with Gasteiger partial charge in [0.15, 0.2) is 0 Å². The molecule has 3 heterocycles. The fourth-order valence-corrected chi connectivity index (χ4v) is 3.78. The van der Waals surface area contributed by atoms with Crippen LogP contribution in [0.4, 0.5) is 5.82 Å². The van der Waals surface area contributed by atoms with Gasteiger partial charge in [-0.25, -0.2) is 15.0 Å². The molecule has 0 aliphatic carbocycles. The molecule has 8 nitrogen and oxygen atoms in total. The van der Waals surface area contributed by atoms with E-state index in [1.165, 1.54) is 6.33 Å². The van der Waals surface area contributed by atoms with Gasteiger partial charge < -0.3 is 10.6 Å². The van der Waals surface area contributed by atoms with Gasteiger partial charge in [-0.2, -0.15) is 5.10 Å². The Hall–Kier alpha value is -3.29. The van der Waals surface area contributed by atoms with Crippen molar-refractivity contribution < 1.29 is 9.59 Å². The van der Waals surface area contributed by atoms with Crippen LogP contribution in [0.5, 0.6) is 0 Å². The van der Waals surface area contributed by atoms with Crippen molar-refractivity contribution in [1.29, 1.82) is 0 Å². The second-order valence-corrected chi connectivity index (χ2v) is 7.03. The van der Waals surface area contributed by atoms with Crippen LogP contribution >= 0.6 is 0 Å². The first kappa shape index (κ1) is 18.1. The number of amides is 2. The summed E-state index contributed by atoms with van der Waals surface area (Å²) in [5.41, 5.74) is 6.59. The summed E-state index contributed by atoms with van der Waals surface area (Å²) in [4.78, 5) is 34.6. The molecule has 2 aliphatic heterocycles. The molecule has 0 saturated carbocycles. The van der Waals surface area contributed by atoms with E-state index in [9.17, 15) is 9.59 Å². The molecule has 1 aromatic heterocycles. The normalized spacial score (nSPS) is 19.8. The predicted octanol–water partition coefficient (Wildman–Crippen LogP) is 1.75. The van der Waals surface area contributed by atoms with Crippen molar-refractivity contribution in [2.45, 2.75) is 25.3 Å². The van der Waals surface area contributed by atoms with Crippen LogP contribution in [-0.2, 0) is 4.79 Å². The molecule has 1 atom stereocenters. The summed E-state index contributed by atoms with van der Waals surface area (Å²) in [5, 5.41) is 5.99. The average molecular weight is 378 g/mol. The van der Waals surface area contributed by atoms with Gasteiger partial charge in [-0.15, -0.1) is 0 Å². The lowest BCUT2D eigenvalue weighted by molar-refractivity contribution is -0.138. The zero-order valence-electron chi connectivity index (χ0n) is 15.4. The van der Waals surface area contributed by atoms with E-state index >= 15 is 0 Å². The number of nitrogens with zero attached hydrogens (tertiary/aromatic N) is 5. The minimum atomic E-state index is -0.576. The standard InChI is InChI=1S/C20H22N6O2/c21-19(27)16-12-18(23-13-22-16)25-10-7-15(8-11-25)20(28)26-17(6-9-24-26)14-4-2-1-3-5-14/h1-5,9,12-13,15,17H,6-8,10-11H2,(H2,21,27). The summed E-state index contributed by atoms with van der Waals surface area (Å²) >= 11 is 0. The lowest BCUT2D eigenvalue weighted by Crippen LogP contribution is -2.41. The topological polar surface area (TPSA) is 105 Å². The van der Waals surface area contributed by atoms with Gasteiger partial charge in [0.2, 0.25) is 5.91 Å². The van der Waals surface area contributed by atoms with Crippen molar-refractivity contribution in [3.63, 3.8) is 0 Å². The highest BCUT2D eigenvalue weighted by atomic mass is 16.2. The maximum absolute atomic E-state index is 13.1. The Morgan fingerprint density at radius 3 is 2.54 bits per heavy atom. The summed E-state index contributed by atoms with van der Waals surface area (Å²) in [5.74, 6) is 0.0848. The second-order valence-electron chi connectivity index (χ2n) is 7.03. The smallest absolute Gasteiger partial charge is 0.267 e. The van der Waals surface area contributed by atoms with Crippen LogP contribution in [0, 0.1) is 5.92 Å². The summed E-state index contributed by atoms with van der Waals surface area (Å²) in [6.45, 7) is 1.36. The largest absolute Gasteiger partial charge is 0.364 e. The number of benzene rings is 1. The minimum Gasteiger partial charge on any atom is -0.364 e. The maximum atomic E-state index is 13.1. The number of aromatic nitrogens is 2. The SMILES string of the molecule is NC(=O)c1cc(N2CCC(C(=O)N3N=CCC3c3ccccc3)CC2)ncn1. The molecule has 2 aliphatic rings. The van der Waals surface area contributed by atoms with Crippen LogP contribution in [0.2, 0.25) is 0 Å². The first-order valence-electron chi connectivity index (χ1n) is 9.40. The molecule has 0 bridgehead atoms. The molecule has 1 aromatic carbocycles. The summed E-state index contributed by atoms with van der Waals surface area (Å²) in [6, 6.07) is 11.6. The lowest BCUT2D eigenvalue weighted by atomic mass is 9.94. The second kappa shape index (κ2) is 7.75. The monoisotopic (exact) mass is 378 g/mol. The van der Waals surface area contributed by atoms with Gasteiger partial charge in [0.1, 0.15) is 17.8 Å². The molecule has 2 aromatic rings. The van der Waals surface area contributed by atoms with E-state index in [-0.39, 0.29) is 23.6 Å². The minimum absolute atomic E-state index is 0.0216. The van der Waals surface area contributed by atoms with Gasteiger partial charge in [0, 0.05) is 37.7 Å². The van der Waals surface area contributed by atoms with Gasteiger partial charge in [-0.05, 0) is 18.4 Å². The van der Waals surface area contributed by atoms with Gasteiger partial charge in [-0.3, -0.25) is 9.59 Å². The third kappa shape index (κ3) is 3.58. The van der Waals surface area contributed by atoms with Crippen molar-refractivity contribution in [1.82, 2.24) is 15.0 Å². The van der Waals surface area contributed by atoms with Crippen LogP contribution in [0.3, 0.4) is 0 Å². The number of rotatable bonds is 4. The van der Waals surface area contributed by atoms with E-state index in [1.807, 2.05) is 36.5 Å². The molecule has 4 rings (SSSR count). The van der Waals surface area contributed by atoms with Crippen molar-refractivity contribution >= 4 is 23.8 Å². The Morgan fingerprint density at radius 1 is 1.07 bits per heavy atom. The molecular weight excluding hydrogens is 356 g/mol. The van der Waals surface area contributed by atoms with Crippen LogP contribution in [0.15, 0.2) is 47.8 Å². The highest BCUT2D eigenvalue weighted by molar-refractivity contribution is 5.91. The first-order valence-corrected chi connectivity index (χ1v) is 9.40. The number of hydrogen-bond acceptors (Lipinski definition) is 6. The van der Waals surface area contributed by atoms with Gasteiger partial charge in [-0.1, -0.05) is 30.3 Å². The molecule has 0 spiro atoms. The van der Waals surface area contributed by atoms with Crippen molar-refractivity contribution in [2.24, 2.45) is 16.8 Å². The fraction of sp³-hybridized carbons (Fsp3) is 0.350. The quantitative estimate of drug-likeness (QED) is 0.873. The zero-order chi connectivity index (χ0) is 19.5. The van der Waals surface area contributed by atoms with E-state index in [0.29, 0.717) is 31.7 Å². The molecule has 28 heavy (non-hydrogen) atoms. The third-order valence-corrected chi connectivity index (χ3v) is 5.31. The number of hydrazone groups is 1. The van der Waals surface area contributed by atoms with Crippen LogP contribution in [0.25, 0.3) is 0 Å². The Morgan fingerprint density at radius 2 is 1.82 bits per heavy atom. The molecule has 1 fully saturated rings. The van der Waals surface area contributed by atoms with Crippen molar-refractivity contribution in [2.75, 3.05) is 18.0 Å². The lowest BCUT2D eigenvalue weighted by Gasteiger charge is -2.34. The van der Waals surface area contributed by atoms with E-state index in [2.05, 4.69) is 20.0 Å². The Balaban J connectivity index is 1.41. The molecule has 1 unspecified atom stereocenters. The van der Waals surface area contributed by atoms with Crippen LogP contribution in [-0.4, -0.2) is 46.1 Å². The number of piperidine rings is 1. The Bertz CT molecular complexity index is 893. The van der Waals surface area contributed by atoms with Crippen molar-refractivity contribution in [3.05, 3.63) is 54.0 Å². The number of carbonyl (C=O) groups excluding carboxylic acids is 2. The average Bonchev–Trinajstić information content (AvgIpc) is 3.24. The summed E-state index contributed by atoms with van der Waals surface area (Å²) in [7, 11) is 0. The van der Waals surface area contributed by atoms with Gasteiger partial charge >= 0.3 is 0 Å². The molecule has 2 N–H and O–H groups in total. The highest BCUT2D eigenvalue weighted by Crippen LogP contribution is 2.32. The first-order chi connectivity index (χ1) is 13.6. The number of carbonyl (C=O) groups is 2. The molecule has 8 heteroatoms. The number of nitrogens with two attached hydrogens (primary N) is 1. The van der Waals surface area contributed by atoms with Gasteiger partial charge in [0.25, 0.3) is 5.91 Å². The molecule has 1 saturated heterocycles. The third-order valence-electron chi connectivity index (χ3n) is 5.31.